The van der Waals surface area contributed by atoms with E-state index in [1.165, 1.54) is 0 Å². The molecule has 0 bridgehead atoms. The molecule has 5 heteroatoms. The first kappa shape index (κ1) is 10.7. The molecular formula is C11H17N5. The van der Waals surface area contributed by atoms with Crippen molar-refractivity contribution in [1.29, 1.82) is 0 Å². The molecule has 0 saturated heterocycles. The van der Waals surface area contributed by atoms with Gasteiger partial charge in [-0.25, -0.2) is 4.98 Å². The zero-order valence-electron chi connectivity index (χ0n) is 9.72. The molecule has 0 amide bonds. The molecule has 2 heterocycles. The van der Waals surface area contributed by atoms with Crippen LogP contribution >= 0.6 is 0 Å². The summed E-state index contributed by atoms with van der Waals surface area (Å²) in [4.78, 5) is 4.37. The second-order valence-electron chi connectivity index (χ2n) is 3.87. The summed E-state index contributed by atoms with van der Waals surface area (Å²) in [5.41, 5.74) is 1.04. The molecule has 0 radical (unpaired) electrons. The molecule has 0 saturated carbocycles. The first-order valence-corrected chi connectivity index (χ1v) is 5.47. The Labute approximate surface area is 95.1 Å². The third kappa shape index (κ3) is 2.62. The predicted octanol–water partition coefficient (Wildman–Crippen LogP) is 1.43. The Balaban J connectivity index is 1.74. The Morgan fingerprint density at radius 1 is 1.44 bits per heavy atom. The van der Waals surface area contributed by atoms with Crippen LogP contribution in [0.1, 0.15) is 12.1 Å². The number of hydrogen-bond donors (Lipinski definition) is 1. The van der Waals surface area contributed by atoms with Gasteiger partial charge in [-0.1, -0.05) is 0 Å². The van der Waals surface area contributed by atoms with Gasteiger partial charge in [-0.05, 0) is 19.4 Å². The first-order valence-electron chi connectivity index (χ1n) is 5.47. The monoisotopic (exact) mass is 219 g/mol. The SMILES string of the molecule is Cc1cn(C)c(NCCCn2cccn2)n1. The topological polar surface area (TPSA) is 47.7 Å². The van der Waals surface area contributed by atoms with Crippen molar-refractivity contribution in [2.45, 2.75) is 19.9 Å². The van der Waals surface area contributed by atoms with Crippen molar-refractivity contribution in [2.24, 2.45) is 7.05 Å². The Morgan fingerprint density at radius 3 is 2.94 bits per heavy atom. The quantitative estimate of drug-likeness (QED) is 0.774. The maximum Gasteiger partial charge on any atom is 0.202 e. The molecule has 5 nitrogen and oxygen atoms in total. The minimum atomic E-state index is 0.907. The molecule has 0 unspecified atom stereocenters. The fourth-order valence-electron chi connectivity index (χ4n) is 1.65. The summed E-state index contributed by atoms with van der Waals surface area (Å²) in [6.07, 6.45) is 6.82. The summed E-state index contributed by atoms with van der Waals surface area (Å²) in [5.74, 6) is 0.929. The van der Waals surface area contributed by atoms with E-state index in [-0.39, 0.29) is 0 Å². The summed E-state index contributed by atoms with van der Waals surface area (Å²) in [6, 6.07) is 1.94. The summed E-state index contributed by atoms with van der Waals surface area (Å²) < 4.78 is 3.94. The zero-order chi connectivity index (χ0) is 11.4. The van der Waals surface area contributed by atoms with Gasteiger partial charge in [-0.3, -0.25) is 4.68 Å². The lowest BCUT2D eigenvalue weighted by atomic mass is 10.4. The second kappa shape index (κ2) is 4.83. The molecule has 16 heavy (non-hydrogen) atoms. The summed E-state index contributed by atoms with van der Waals surface area (Å²) in [6.45, 7) is 3.84. The van der Waals surface area contributed by atoms with Gasteiger partial charge in [0.05, 0.1) is 5.69 Å². The van der Waals surface area contributed by atoms with Gasteiger partial charge in [0, 0.05) is 38.7 Å². The predicted molar refractivity (Wildman–Crippen MR) is 63.3 cm³/mol. The average molecular weight is 219 g/mol. The Morgan fingerprint density at radius 2 is 2.31 bits per heavy atom. The molecule has 0 atom stereocenters. The van der Waals surface area contributed by atoms with Crippen LogP contribution in [-0.2, 0) is 13.6 Å². The molecule has 0 fully saturated rings. The molecule has 1 N–H and O–H groups in total. The zero-order valence-corrected chi connectivity index (χ0v) is 9.72. The van der Waals surface area contributed by atoms with Gasteiger partial charge in [0.25, 0.3) is 0 Å². The van der Waals surface area contributed by atoms with Crippen LogP contribution in [0.5, 0.6) is 0 Å². The lowest BCUT2D eigenvalue weighted by Crippen LogP contribution is -2.09. The van der Waals surface area contributed by atoms with Crippen molar-refractivity contribution in [2.75, 3.05) is 11.9 Å². The van der Waals surface area contributed by atoms with E-state index in [0.29, 0.717) is 0 Å². The molecule has 0 aliphatic heterocycles. The van der Waals surface area contributed by atoms with Crippen molar-refractivity contribution >= 4 is 5.95 Å². The van der Waals surface area contributed by atoms with Gasteiger partial charge in [-0.2, -0.15) is 5.10 Å². The number of nitrogens with one attached hydrogen (secondary N) is 1. The van der Waals surface area contributed by atoms with E-state index in [2.05, 4.69) is 15.4 Å². The van der Waals surface area contributed by atoms with E-state index in [9.17, 15) is 0 Å². The Hall–Kier alpha value is -1.78. The number of hydrogen-bond acceptors (Lipinski definition) is 3. The van der Waals surface area contributed by atoms with E-state index in [1.807, 2.05) is 41.7 Å². The van der Waals surface area contributed by atoms with Crippen LogP contribution in [0.4, 0.5) is 5.95 Å². The van der Waals surface area contributed by atoms with Gasteiger partial charge in [0.1, 0.15) is 0 Å². The van der Waals surface area contributed by atoms with Crippen molar-refractivity contribution in [3.05, 3.63) is 30.4 Å². The van der Waals surface area contributed by atoms with Crippen LogP contribution in [0.15, 0.2) is 24.7 Å². The first-order chi connectivity index (χ1) is 7.75. The van der Waals surface area contributed by atoms with Gasteiger partial charge in [0.15, 0.2) is 0 Å². The molecule has 0 aliphatic carbocycles. The third-order valence-electron chi connectivity index (χ3n) is 2.40. The molecule has 0 aromatic carbocycles. The molecule has 2 aromatic rings. The van der Waals surface area contributed by atoms with Crippen molar-refractivity contribution < 1.29 is 0 Å². The fourth-order valence-corrected chi connectivity index (χ4v) is 1.65. The maximum absolute atomic E-state index is 4.37. The third-order valence-corrected chi connectivity index (χ3v) is 2.40. The number of aromatic nitrogens is 4. The highest BCUT2D eigenvalue weighted by molar-refractivity contribution is 5.27. The molecule has 2 aromatic heterocycles. The Kier molecular flexibility index (Phi) is 3.24. The lowest BCUT2D eigenvalue weighted by molar-refractivity contribution is 0.590. The number of aryl methyl sites for hydroxylation is 3. The lowest BCUT2D eigenvalue weighted by Gasteiger charge is -2.05. The minimum Gasteiger partial charge on any atom is -0.356 e. The highest BCUT2D eigenvalue weighted by Gasteiger charge is 2.00. The van der Waals surface area contributed by atoms with Gasteiger partial charge >= 0.3 is 0 Å². The van der Waals surface area contributed by atoms with Crippen LogP contribution in [-0.4, -0.2) is 25.9 Å². The van der Waals surface area contributed by atoms with Crippen LogP contribution < -0.4 is 5.32 Å². The number of imidazole rings is 1. The number of nitrogens with zero attached hydrogens (tertiary/aromatic N) is 4. The number of rotatable bonds is 5. The average Bonchev–Trinajstić information content (AvgIpc) is 2.84. The normalized spacial score (nSPS) is 10.6. The molecular weight excluding hydrogens is 202 g/mol. The van der Waals surface area contributed by atoms with Crippen molar-refractivity contribution in [3.63, 3.8) is 0 Å². The van der Waals surface area contributed by atoms with Crippen LogP contribution in [0.2, 0.25) is 0 Å². The fraction of sp³-hybridized carbons (Fsp3) is 0.455. The van der Waals surface area contributed by atoms with Crippen LogP contribution in [0.3, 0.4) is 0 Å². The highest BCUT2D eigenvalue weighted by atomic mass is 15.3. The molecule has 2 rings (SSSR count). The van der Waals surface area contributed by atoms with E-state index in [0.717, 1.165) is 31.2 Å². The van der Waals surface area contributed by atoms with E-state index in [4.69, 9.17) is 0 Å². The van der Waals surface area contributed by atoms with E-state index in [1.54, 1.807) is 6.20 Å². The van der Waals surface area contributed by atoms with Crippen molar-refractivity contribution in [1.82, 2.24) is 19.3 Å². The highest BCUT2D eigenvalue weighted by Crippen LogP contribution is 2.05. The Bertz CT molecular complexity index is 429. The molecule has 0 aliphatic rings. The van der Waals surface area contributed by atoms with Crippen LogP contribution in [0.25, 0.3) is 0 Å². The van der Waals surface area contributed by atoms with Gasteiger partial charge in [-0.15, -0.1) is 0 Å². The van der Waals surface area contributed by atoms with Gasteiger partial charge < -0.3 is 9.88 Å². The van der Waals surface area contributed by atoms with Gasteiger partial charge in [0.2, 0.25) is 5.95 Å². The van der Waals surface area contributed by atoms with E-state index < -0.39 is 0 Å². The molecule has 0 spiro atoms. The maximum atomic E-state index is 4.37. The second-order valence-corrected chi connectivity index (χ2v) is 3.87. The largest absolute Gasteiger partial charge is 0.356 e. The summed E-state index contributed by atoms with van der Waals surface area (Å²) >= 11 is 0. The van der Waals surface area contributed by atoms with E-state index >= 15 is 0 Å². The van der Waals surface area contributed by atoms with Crippen LogP contribution in [0, 0.1) is 6.92 Å². The number of anilines is 1. The summed E-state index contributed by atoms with van der Waals surface area (Å²) in [7, 11) is 2.00. The smallest absolute Gasteiger partial charge is 0.202 e. The van der Waals surface area contributed by atoms with Crippen molar-refractivity contribution in [3.8, 4) is 0 Å². The standard InChI is InChI=1S/C11H17N5/c1-10-9-15(2)11(14-10)12-5-3-7-16-8-4-6-13-16/h4,6,8-9H,3,5,7H2,1-2H3,(H,12,14). The summed E-state index contributed by atoms with van der Waals surface area (Å²) in [5, 5.41) is 7.46. The molecule has 86 valence electrons. The minimum absolute atomic E-state index is 0.907.